The van der Waals surface area contributed by atoms with Gasteiger partial charge in [0.05, 0.1) is 24.9 Å². The summed E-state index contributed by atoms with van der Waals surface area (Å²) in [5.41, 5.74) is 3.32. The fourth-order valence-electron chi connectivity index (χ4n) is 3.96. The van der Waals surface area contributed by atoms with Crippen LogP contribution in [0, 0.1) is 19.8 Å². The van der Waals surface area contributed by atoms with E-state index in [2.05, 4.69) is 16.9 Å². The predicted molar refractivity (Wildman–Crippen MR) is 84.5 cm³/mol. The minimum absolute atomic E-state index is 0.0249. The normalized spacial score (nSPS) is 23.8. The molecule has 1 saturated carbocycles. The highest BCUT2D eigenvalue weighted by Gasteiger charge is 2.35. The average Bonchev–Trinajstić information content (AvgIpc) is 2.80. The first-order valence-electron chi connectivity index (χ1n) is 8.48. The van der Waals surface area contributed by atoms with Gasteiger partial charge in [-0.2, -0.15) is 5.10 Å². The third-order valence-corrected chi connectivity index (χ3v) is 5.26. The van der Waals surface area contributed by atoms with Crippen LogP contribution in [0.25, 0.3) is 0 Å². The summed E-state index contributed by atoms with van der Waals surface area (Å²) in [6.07, 6.45) is 5.76. The van der Waals surface area contributed by atoms with Crippen LogP contribution in [0.5, 0.6) is 0 Å². The van der Waals surface area contributed by atoms with Crippen LogP contribution in [0.15, 0.2) is 0 Å². The summed E-state index contributed by atoms with van der Waals surface area (Å²) in [6, 6.07) is 0.0249. The minimum Gasteiger partial charge on any atom is -0.377 e. The van der Waals surface area contributed by atoms with Gasteiger partial charge in [0.2, 0.25) is 5.91 Å². The summed E-state index contributed by atoms with van der Waals surface area (Å²) >= 11 is 0. The molecule has 0 bridgehead atoms. The van der Waals surface area contributed by atoms with Gasteiger partial charge < -0.3 is 9.64 Å². The van der Waals surface area contributed by atoms with Crippen molar-refractivity contribution >= 4 is 5.91 Å². The number of ether oxygens (including phenoxy) is 1. The highest BCUT2D eigenvalue weighted by molar-refractivity contribution is 5.79. The summed E-state index contributed by atoms with van der Waals surface area (Å²) in [5.74, 6) is 0.544. The van der Waals surface area contributed by atoms with E-state index >= 15 is 0 Å². The lowest BCUT2D eigenvalue weighted by molar-refractivity contribution is -0.145. The monoisotopic (exact) mass is 305 g/mol. The van der Waals surface area contributed by atoms with Gasteiger partial charge in [-0.3, -0.25) is 9.48 Å². The Bertz CT molecular complexity index is 546. The number of carbonyl (C=O) groups is 1. The predicted octanol–water partition coefficient (Wildman–Crippen LogP) is 2.52. The Kier molecular flexibility index (Phi) is 4.52. The molecule has 1 aromatic rings. The largest absolute Gasteiger partial charge is 0.377 e. The molecule has 2 fully saturated rings. The smallest absolute Gasteiger partial charge is 0.226 e. The molecule has 1 unspecified atom stereocenters. The number of rotatable bonds is 2. The molecule has 1 saturated heterocycles. The number of hydrogen-bond acceptors (Lipinski definition) is 3. The zero-order valence-corrected chi connectivity index (χ0v) is 14.0. The van der Waals surface area contributed by atoms with E-state index in [1.54, 1.807) is 0 Å². The van der Waals surface area contributed by atoms with Crippen molar-refractivity contribution in [1.29, 1.82) is 0 Å². The molecule has 5 nitrogen and oxygen atoms in total. The molecule has 1 aliphatic heterocycles. The van der Waals surface area contributed by atoms with Crippen molar-refractivity contribution in [3.8, 4) is 0 Å². The van der Waals surface area contributed by atoms with Crippen molar-refractivity contribution in [2.75, 3.05) is 19.8 Å². The molecule has 2 aliphatic rings. The van der Waals surface area contributed by atoms with E-state index in [0.717, 1.165) is 24.2 Å². The van der Waals surface area contributed by atoms with Crippen molar-refractivity contribution in [3.63, 3.8) is 0 Å². The van der Waals surface area contributed by atoms with Gasteiger partial charge in [-0.1, -0.05) is 19.3 Å². The molecule has 0 aromatic carbocycles. The highest BCUT2D eigenvalue weighted by Crippen LogP contribution is 2.33. The van der Waals surface area contributed by atoms with Crippen LogP contribution < -0.4 is 0 Å². The minimum atomic E-state index is 0.0249. The lowest BCUT2D eigenvalue weighted by atomic mass is 9.87. The van der Waals surface area contributed by atoms with Gasteiger partial charge in [0, 0.05) is 30.8 Å². The second-order valence-electron chi connectivity index (χ2n) is 6.67. The van der Waals surface area contributed by atoms with E-state index in [4.69, 9.17) is 4.74 Å². The van der Waals surface area contributed by atoms with Crippen LogP contribution in [0.4, 0.5) is 0 Å². The Morgan fingerprint density at radius 1 is 1.23 bits per heavy atom. The molecule has 1 aromatic heterocycles. The molecule has 1 aliphatic carbocycles. The first kappa shape index (κ1) is 15.5. The second kappa shape index (κ2) is 6.41. The Labute approximate surface area is 132 Å². The van der Waals surface area contributed by atoms with Crippen molar-refractivity contribution in [2.24, 2.45) is 13.0 Å². The molecule has 2 heterocycles. The number of carbonyl (C=O) groups excluding carboxylic acids is 1. The zero-order valence-electron chi connectivity index (χ0n) is 14.0. The summed E-state index contributed by atoms with van der Waals surface area (Å²) < 4.78 is 7.60. The van der Waals surface area contributed by atoms with Crippen molar-refractivity contribution in [1.82, 2.24) is 14.7 Å². The standard InChI is InChI=1S/C17H27N3O2/c1-12-16(13(2)19(3)18-12)15-11-22-10-9-20(15)17(21)14-7-5-4-6-8-14/h14-15H,4-11H2,1-3H3. The number of aryl methyl sites for hydroxylation is 2. The maximum absolute atomic E-state index is 13.0. The van der Waals surface area contributed by atoms with Gasteiger partial charge >= 0.3 is 0 Å². The Balaban J connectivity index is 1.86. The van der Waals surface area contributed by atoms with Gasteiger partial charge in [-0.15, -0.1) is 0 Å². The fraction of sp³-hybridized carbons (Fsp3) is 0.765. The van der Waals surface area contributed by atoms with Gasteiger partial charge in [-0.25, -0.2) is 0 Å². The zero-order chi connectivity index (χ0) is 15.7. The summed E-state index contributed by atoms with van der Waals surface area (Å²) in [7, 11) is 1.96. The summed E-state index contributed by atoms with van der Waals surface area (Å²) in [5, 5.41) is 4.52. The summed E-state index contributed by atoms with van der Waals surface area (Å²) in [6.45, 7) is 6.04. The number of morpholine rings is 1. The number of hydrogen-bond donors (Lipinski definition) is 0. The molecule has 22 heavy (non-hydrogen) atoms. The van der Waals surface area contributed by atoms with E-state index in [1.807, 2.05) is 18.7 Å². The van der Waals surface area contributed by atoms with Crippen LogP contribution in [-0.4, -0.2) is 40.3 Å². The Hall–Kier alpha value is -1.36. The second-order valence-corrected chi connectivity index (χ2v) is 6.67. The molecule has 122 valence electrons. The van der Waals surface area contributed by atoms with E-state index in [1.165, 1.54) is 24.8 Å². The highest BCUT2D eigenvalue weighted by atomic mass is 16.5. The third-order valence-electron chi connectivity index (χ3n) is 5.26. The topological polar surface area (TPSA) is 47.4 Å². The van der Waals surface area contributed by atoms with Crippen LogP contribution in [0.1, 0.15) is 55.1 Å². The average molecular weight is 305 g/mol. The number of nitrogens with zero attached hydrogens (tertiary/aromatic N) is 3. The van der Waals surface area contributed by atoms with E-state index in [9.17, 15) is 4.79 Å². The fourth-order valence-corrected chi connectivity index (χ4v) is 3.96. The molecular formula is C17H27N3O2. The van der Waals surface area contributed by atoms with Crippen molar-refractivity contribution in [3.05, 3.63) is 17.0 Å². The van der Waals surface area contributed by atoms with Crippen molar-refractivity contribution < 1.29 is 9.53 Å². The molecule has 0 N–H and O–H groups in total. The first-order chi connectivity index (χ1) is 10.6. The third kappa shape index (κ3) is 2.78. The molecule has 1 atom stereocenters. The van der Waals surface area contributed by atoms with Crippen LogP contribution in [0.3, 0.4) is 0 Å². The number of amides is 1. The summed E-state index contributed by atoms with van der Waals surface area (Å²) in [4.78, 5) is 15.1. The lowest BCUT2D eigenvalue weighted by Gasteiger charge is -2.38. The molecule has 3 rings (SSSR count). The Morgan fingerprint density at radius 2 is 1.95 bits per heavy atom. The Morgan fingerprint density at radius 3 is 2.59 bits per heavy atom. The van der Waals surface area contributed by atoms with Crippen molar-refractivity contribution in [2.45, 2.75) is 52.0 Å². The maximum atomic E-state index is 13.0. The quantitative estimate of drug-likeness (QED) is 0.843. The van der Waals surface area contributed by atoms with E-state index in [-0.39, 0.29) is 12.0 Å². The van der Waals surface area contributed by atoms with Gasteiger partial charge in [0.15, 0.2) is 0 Å². The molecule has 1 amide bonds. The van der Waals surface area contributed by atoms with Crippen LogP contribution >= 0.6 is 0 Å². The van der Waals surface area contributed by atoms with Gasteiger partial charge in [0.1, 0.15) is 0 Å². The molecular weight excluding hydrogens is 278 g/mol. The number of aromatic nitrogens is 2. The van der Waals surface area contributed by atoms with Crippen LogP contribution in [0.2, 0.25) is 0 Å². The van der Waals surface area contributed by atoms with Gasteiger partial charge in [0.25, 0.3) is 0 Å². The van der Waals surface area contributed by atoms with E-state index < -0.39 is 0 Å². The van der Waals surface area contributed by atoms with Crippen LogP contribution in [-0.2, 0) is 16.6 Å². The molecule has 5 heteroatoms. The van der Waals surface area contributed by atoms with E-state index in [0.29, 0.717) is 25.7 Å². The first-order valence-corrected chi connectivity index (χ1v) is 8.48. The maximum Gasteiger partial charge on any atom is 0.226 e. The molecule has 0 spiro atoms. The lowest BCUT2D eigenvalue weighted by Crippen LogP contribution is -2.46. The SMILES string of the molecule is Cc1nn(C)c(C)c1C1COCCN1C(=O)C1CCCCC1. The van der Waals surface area contributed by atoms with Gasteiger partial charge in [-0.05, 0) is 26.7 Å². The molecule has 0 radical (unpaired) electrons.